The van der Waals surface area contributed by atoms with Crippen LogP contribution in [0.3, 0.4) is 0 Å². The van der Waals surface area contributed by atoms with Crippen LogP contribution in [0.25, 0.3) is 0 Å². The van der Waals surface area contributed by atoms with Gasteiger partial charge < -0.3 is 19.8 Å². The lowest BCUT2D eigenvalue weighted by molar-refractivity contribution is -0.145. The van der Waals surface area contributed by atoms with E-state index < -0.39 is 5.60 Å². The van der Waals surface area contributed by atoms with Gasteiger partial charge in [-0.25, -0.2) is 0 Å². The minimum Gasteiger partial charge on any atom is -0.504 e. The van der Waals surface area contributed by atoms with Crippen molar-refractivity contribution >= 4 is 5.91 Å². The Morgan fingerprint density at radius 1 is 1.13 bits per heavy atom. The van der Waals surface area contributed by atoms with Gasteiger partial charge in [0.25, 0.3) is 0 Å². The number of rotatable bonds is 5. The lowest BCUT2D eigenvalue weighted by atomic mass is 9.66. The van der Waals surface area contributed by atoms with Crippen LogP contribution >= 0.6 is 0 Å². The topological polar surface area (TPSA) is 73.2 Å². The number of aliphatic hydroxyl groups is 1. The number of hydrogen-bond acceptors (Lipinski definition) is 5. The van der Waals surface area contributed by atoms with Crippen molar-refractivity contribution in [2.45, 2.75) is 69.9 Å². The molecule has 3 fully saturated rings. The van der Waals surface area contributed by atoms with Crippen molar-refractivity contribution in [1.82, 2.24) is 9.80 Å². The Bertz CT molecular complexity index is 749. The third-order valence-electron chi connectivity index (χ3n) is 7.34. The standard InChI is InChI=1S/C24H36N2O4/c1-2-30-21-16-18(9-10-20(21)27)23-19-8-4-5-11-24(19,29)12-15-26(23)17-22(28)25-13-6-3-7-14-25/h9-10,16,19,23,27,29H,2-8,11-15,17H2,1H3/t19-,23+,24-/m0/s1. The van der Waals surface area contributed by atoms with E-state index in [9.17, 15) is 15.0 Å². The Labute approximate surface area is 179 Å². The van der Waals surface area contributed by atoms with E-state index in [1.165, 1.54) is 6.42 Å². The second-order valence-corrected chi connectivity index (χ2v) is 9.22. The van der Waals surface area contributed by atoms with Crippen LogP contribution in [0.15, 0.2) is 18.2 Å². The molecule has 2 heterocycles. The highest BCUT2D eigenvalue weighted by Crippen LogP contribution is 2.50. The minimum atomic E-state index is -0.669. The zero-order chi connectivity index (χ0) is 21.1. The fraction of sp³-hybridized carbons (Fsp3) is 0.708. The Kier molecular flexibility index (Phi) is 6.54. The van der Waals surface area contributed by atoms with Gasteiger partial charge >= 0.3 is 0 Å². The average molecular weight is 417 g/mol. The van der Waals surface area contributed by atoms with Crippen LogP contribution in [0, 0.1) is 5.92 Å². The number of benzene rings is 1. The van der Waals surface area contributed by atoms with E-state index in [1.54, 1.807) is 6.07 Å². The summed E-state index contributed by atoms with van der Waals surface area (Å²) in [7, 11) is 0. The molecule has 0 bridgehead atoms. The summed E-state index contributed by atoms with van der Waals surface area (Å²) in [5, 5.41) is 21.6. The number of ether oxygens (including phenoxy) is 1. The molecule has 6 nitrogen and oxygen atoms in total. The fourth-order valence-electron chi connectivity index (χ4n) is 5.77. The number of hydrogen-bond donors (Lipinski definition) is 2. The summed E-state index contributed by atoms with van der Waals surface area (Å²) >= 11 is 0. The number of likely N-dealkylation sites (tertiary alicyclic amines) is 2. The molecule has 2 N–H and O–H groups in total. The minimum absolute atomic E-state index is 0.0439. The van der Waals surface area contributed by atoms with E-state index in [4.69, 9.17) is 4.74 Å². The van der Waals surface area contributed by atoms with Crippen LogP contribution in [0.1, 0.15) is 69.9 Å². The van der Waals surface area contributed by atoms with Gasteiger partial charge in [-0.2, -0.15) is 0 Å². The van der Waals surface area contributed by atoms with E-state index in [0.717, 1.165) is 63.6 Å². The molecule has 6 heteroatoms. The number of piperidine rings is 2. The Morgan fingerprint density at radius 2 is 1.93 bits per heavy atom. The number of carbonyl (C=O) groups excluding carboxylic acids is 1. The van der Waals surface area contributed by atoms with E-state index in [0.29, 0.717) is 25.4 Å². The van der Waals surface area contributed by atoms with Crippen molar-refractivity contribution in [2.24, 2.45) is 5.92 Å². The molecule has 3 atom stereocenters. The molecule has 2 aliphatic heterocycles. The third kappa shape index (κ3) is 4.30. The van der Waals surface area contributed by atoms with Gasteiger partial charge in [-0.05, 0) is 63.1 Å². The summed E-state index contributed by atoms with van der Waals surface area (Å²) in [5.41, 5.74) is 0.352. The Hall–Kier alpha value is -1.79. The highest BCUT2D eigenvalue weighted by Gasteiger charge is 2.49. The fourth-order valence-corrected chi connectivity index (χ4v) is 5.77. The maximum atomic E-state index is 13.1. The zero-order valence-electron chi connectivity index (χ0n) is 18.2. The molecule has 1 aromatic rings. The van der Waals surface area contributed by atoms with Gasteiger partial charge in [-0.1, -0.05) is 18.9 Å². The van der Waals surface area contributed by atoms with E-state index in [-0.39, 0.29) is 23.6 Å². The summed E-state index contributed by atoms with van der Waals surface area (Å²) in [6.07, 6.45) is 8.07. The summed E-state index contributed by atoms with van der Waals surface area (Å²) in [4.78, 5) is 17.3. The number of carbonyl (C=O) groups is 1. The maximum Gasteiger partial charge on any atom is 0.236 e. The number of phenols is 1. The summed E-state index contributed by atoms with van der Waals surface area (Å²) in [6.45, 7) is 5.20. The molecule has 0 unspecified atom stereocenters. The molecule has 1 saturated carbocycles. The predicted molar refractivity (Wildman–Crippen MR) is 116 cm³/mol. The molecule has 166 valence electrons. The molecule has 3 aliphatic rings. The van der Waals surface area contributed by atoms with Gasteiger partial charge in [0.1, 0.15) is 0 Å². The molecule has 2 saturated heterocycles. The predicted octanol–water partition coefficient (Wildman–Crippen LogP) is 3.47. The van der Waals surface area contributed by atoms with Crippen LogP contribution in [0.2, 0.25) is 0 Å². The summed E-state index contributed by atoms with van der Waals surface area (Å²) in [5.74, 6) is 0.895. The first-order valence-electron chi connectivity index (χ1n) is 11.7. The third-order valence-corrected chi connectivity index (χ3v) is 7.34. The van der Waals surface area contributed by atoms with Crippen molar-refractivity contribution in [2.75, 3.05) is 32.8 Å². The SMILES string of the molecule is CCOc1cc([C@@H]2[C@@H]3CCCC[C@]3(O)CCN2CC(=O)N2CCCCC2)ccc1O. The van der Waals surface area contributed by atoms with Crippen molar-refractivity contribution in [1.29, 1.82) is 0 Å². The molecular formula is C24H36N2O4. The normalized spacial score (nSPS) is 30.0. The first-order valence-corrected chi connectivity index (χ1v) is 11.7. The molecule has 0 radical (unpaired) electrons. The summed E-state index contributed by atoms with van der Waals surface area (Å²) in [6, 6.07) is 5.47. The molecule has 4 rings (SSSR count). The van der Waals surface area contributed by atoms with Crippen molar-refractivity contribution in [3.8, 4) is 11.5 Å². The zero-order valence-corrected chi connectivity index (χ0v) is 18.2. The second kappa shape index (κ2) is 9.15. The number of fused-ring (bicyclic) bond motifs is 1. The highest BCUT2D eigenvalue weighted by molar-refractivity contribution is 5.78. The molecule has 1 aliphatic carbocycles. The van der Waals surface area contributed by atoms with Crippen LogP contribution in [0.5, 0.6) is 11.5 Å². The van der Waals surface area contributed by atoms with Crippen LogP contribution in [-0.2, 0) is 4.79 Å². The van der Waals surface area contributed by atoms with Gasteiger partial charge in [-0.15, -0.1) is 0 Å². The lowest BCUT2D eigenvalue weighted by Gasteiger charge is -2.52. The molecule has 0 spiro atoms. The van der Waals surface area contributed by atoms with E-state index >= 15 is 0 Å². The van der Waals surface area contributed by atoms with Crippen molar-refractivity contribution in [3.63, 3.8) is 0 Å². The molecule has 0 aromatic heterocycles. The molecule has 1 amide bonds. The van der Waals surface area contributed by atoms with Gasteiger partial charge in [0, 0.05) is 31.6 Å². The highest BCUT2D eigenvalue weighted by atomic mass is 16.5. The number of phenolic OH excluding ortho intramolecular Hbond substituents is 1. The monoisotopic (exact) mass is 416 g/mol. The molecule has 30 heavy (non-hydrogen) atoms. The second-order valence-electron chi connectivity index (χ2n) is 9.22. The lowest BCUT2D eigenvalue weighted by Crippen LogP contribution is -2.56. The smallest absolute Gasteiger partial charge is 0.236 e. The van der Waals surface area contributed by atoms with Crippen molar-refractivity contribution in [3.05, 3.63) is 23.8 Å². The van der Waals surface area contributed by atoms with E-state index in [1.807, 2.05) is 24.0 Å². The first kappa shape index (κ1) is 21.4. The molecular weight excluding hydrogens is 380 g/mol. The Morgan fingerprint density at radius 3 is 2.70 bits per heavy atom. The Balaban J connectivity index is 1.63. The number of nitrogens with zero attached hydrogens (tertiary/aromatic N) is 2. The van der Waals surface area contributed by atoms with Crippen molar-refractivity contribution < 1.29 is 19.7 Å². The number of amides is 1. The van der Waals surface area contributed by atoms with Crippen LogP contribution in [0.4, 0.5) is 0 Å². The van der Waals surface area contributed by atoms with Crippen LogP contribution in [-0.4, -0.2) is 64.3 Å². The quantitative estimate of drug-likeness (QED) is 0.769. The van der Waals surface area contributed by atoms with Gasteiger partial charge in [0.15, 0.2) is 11.5 Å². The first-order chi connectivity index (χ1) is 14.5. The largest absolute Gasteiger partial charge is 0.504 e. The summed E-state index contributed by atoms with van der Waals surface area (Å²) < 4.78 is 5.63. The van der Waals surface area contributed by atoms with Gasteiger partial charge in [-0.3, -0.25) is 9.69 Å². The average Bonchev–Trinajstić information content (AvgIpc) is 2.76. The van der Waals surface area contributed by atoms with Gasteiger partial charge in [0.2, 0.25) is 5.91 Å². The number of aromatic hydroxyl groups is 1. The molecule has 1 aromatic carbocycles. The van der Waals surface area contributed by atoms with Gasteiger partial charge in [0.05, 0.1) is 18.8 Å². The van der Waals surface area contributed by atoms with E-state index in [2.05, 4.69) is 4.90 Å². The maximum absolute atomic E-state index is 13.1. The van der Waals surface area contributed by atoms with Crippen LogP contribution < -0.4 is 4.74 Å².